The maximum Gasteiger partial charge on any atom is 0.123 e. The van der Waals surface area contributed by atoms with Crippen LogP contribution in [0.4, 0.5) is 0 Å². The molecule has 50 heavy (non-hydrogen) atoms. The van der Waals surface area contributed by atoms with E-state index in [2.05, 4.69) is 104 Å². The van der Waals surface area contributed by atoms with E-state index in [4.69, 9.17) is 4.74 Å². The fourth-order valence-electron chi connectivity index (χ4n) is 7.25. The van der Waals surface area contributed by atoms with Gasteiger partial charge in [0.2, 0.25) is 0 Å². The normalized spacial score (nSPS) is 13.9. The number of nitrogens with one attached hydrogen (secondary N) is 1. The zero-order valence-corrected chi connectivity index (χ0v) is 31.3. The van der Waals surface area contributed by atoms with Gasteiger partial charge in [0.1, 0.15) is 12.4 Å². The van der Waals surface area contributed by atoms with E-state index in [9.17, 15) is 5.11 Å². The molecule has 2 N–H and O–H groups in total. The molecule has 0 unspecified atom stereocenters. The molecule has 0 atom stereocenters. The molecule has 3 aromatic carbocycles. The second-order valence-electron chi connectivity index (χ2n) is 14.6. The fraction of sp³-hybridized carbons (Fsp3) is 0.444. The average Bonchev–Trinajstić information content (AvgIpc) is 3.11. The lowest BCUT2D eigenvalue weighted by Gasteiger charge is -2.30. The summed E-state index contributed by atoms with van der Waals surface area (Å²) < 4.78 is 6.61. The van der Waals surface area contributed by atoms with Crippen LogP contribution < -0.4 is 10.1 Å². The standard InChI is InChI=1S/C45H59N3O2/c1-32(2)41-26-37(28-47-29-41)16-17-39-27-45(34(4)25-42(39)30-46-20-24-49)50-31-40-13-10-15-44(36(40)6)43-14-9-12-38(35(43)5)11-7-8-21-48-22-18-33(3)19-23-48/h9-10,12-15,25-29,33,46,49H,1,7-8,11,16-24,30-31H2,2-6H3. The Bertz CT molecular complexity index is 1720. The highest BCUT2D eigenvalue weighted by atomic mass is 16.5. The molecule has 266 valence electrons. The lowest BCUT2D eigenvalue weighted by Crippen LogP contribution is -2.33. The maximum atomic E-state index is 9.35. The summed E-state index contributed by atoms with van der Waals surface area (Å²) in [5.74, 6) is 1.81. The van der Waals surface area contributed by atoms with E-state index in [-0.39, 0.29) is 6.61 Å². The average molecular weight is 674 g/mol. The number of aryl methyl sites for hydroxylation is 4. The largest absolute Gasteiger partial charge is 0.489 e. The van der Waals surface area contributed by atoms with E-state index in [0.29, 0.717) is 19.7 Å². The molecule has 5 nitrogen and oxygen atoms in total. The summed E-state index contributed by atoms with van der Waals surface area (Å²) in [5, 5.41) is 12.7. The first kappa shape index (κ1) is 37.5. The number of unbranched alkanes of at least 4 members (excludes halogenated alkanes) is 1. The van der Waals surface area contributed by atoms with Crippen molar-refractivity contribution < 1.29 is 9.84 Å². The van der Waals surface area contributed by atoms with Gasteiger partial charge < -0.3 is 20.1 Å². The Labute approximate surface area is 301 Å². The van der Waals surface area contributed by atoms with Gasteiger partial charge >= 0.3 is 0 Å². The van der Waals surface area contributed by atoms with Crippen LogP contribution in [0.15, 0.2) is 73.6 Å². The summed E-state index contributed by atoms with van der Waals surface area (Å²) in [6.45, 7) is 20.8. The van der Waals surface area contributed by atoms with Crippen molar-refractivity contribution in [3.63, 3.8) is 0 Å². The minimum atomic E-state index is 0.120. The Balaban J connectivity index is 1.27. The quantitative estimate of drug-likeness (QED) is 0.110. The number of allylic oxidation sites excluding steroid dienone is 1. The molecular weight excluding hydrogens is 615 g/mol. The second kappa shape index (κ2) is 18.5. The van der Waals surface area contributed by atoms with E-state index in [1.54, 1.807) is 0 Å². The van der Waals surface area contributed by atoms with Gasteiger partial charge in [0, 0.05) is 25.5 Å². The van der Waals surface area contributed by atoms with Gasteiger partial charge in [-0.2, -0.15) is 0 Å². The number of likely N-dealkylation sites (tertiary alicyclic amines) is 1. The first-order valence-electron chi connectivity index (χ1n) is 18.8. The van der Waals surface area contributed by atoms with Crippen LogP contribution in [0.1, 0.15) is 89.6 Å². The molecule has 1 fully saturated rings. The number of aliphatic hydroxyl groups is 1. The Morgan fingerprint density at radius 2 is 1.60 bits per heavy atom. The Kier molecular flexibility index (Phi) is 13.8. The number of hydrogen-bond donors (Lipinski definition) is 2. The number of hydrogen-bond acceptors (Lipinski definition) is 5. The number of pyridine rings is 1. The minimum Gasteiger partial charge on any atom is -0.489 e. The van der Waals surface area contributed by atoms with Crippen LogP contribution in [0, 0.1) is 26.7 Å². The van der Waals surface area contributed by atoms with Crippen molar-refractivity contribution >= 4 is 5.57 Å². The van der Waals surface area contributed by atoms with Gasteiger partial charge in [0.15, 0.2) is 0 Å². The highest BCUT2D eigenvalue weighted by Crippen LogP contribution is 2.32. The lowest BCUT2D eigenvalue weighted by molar-refractivity contribution is 0.189. The van der Waals surface area contributed by atoms with Gasteiger partial charge in [0.25, 0.3) is 0 Å². The lowest BCUT2D eigenvalue weighted by atomic mass is 9.90. The Morgan fingerprint density at radius 1 is 0.880 bits per heavy atom. The predicted molar refractivity (Wildman–Crippen MR) is 210 cm³/mol. The van der Waals surface area contributed by atoms with Crippen molar-refractivity contribution in [2.45, 2.75) is 92.7 Å². The highest BCUT2D eigenvalue weighted by Gasteiger charge is 2.16. The zero-order chi connectivity index (χ0) is 35.5. The summed E-state index contributed by atoms with van der Waals surface area (Å²) in [4.78, 5) is 7.11. The molecule has 1 saturated heterocycles. The molecule has 0 spiro atoms. The van der Waals surface area contributed by atoms with E-state index < -0.39 is 0 Å². The SMILES string of the molecule is C=C(C)c1cncc(CCc2cc(OCc3cccc(-c4cccc(CCCCN5CCC(C)CC5)c4C)c3C)c(C)cc2CNCCO)c1. The summed E-state index contributed by atoms with van der Waals surface area (Å²) in [6.07, 6.45) is 11.9. The molecule has 0 aliphatic carbocycles. The van der Waals surface area contributed by atoms with Crippen LogP contribution in [0.25, 0.3) is 16.7 Å². The molecule has 5 rings (SSSR count). The number of aliphatic hydroxyl groups excluding tert-OH is 1. The summed E-state index contributed by atoms with van der Waals surface area (Å²) in [5.41, 5.74) is 14.9. The van der Waals surface area contributed by atoms with Crippen molar-refractivity contribution in [1.82, 2.24) is 15.2 Å². The van der Waals surface area contributed by atoms with Gasteiger partial charge in [-0.1, -0.05) is 56.0 Å². The maximum absolute atomic E-state index is 9.35. The topological polar surface area (TPSA) is 57.6 Å². The number of ether oxygens (including phenoxy) is 1. The van der Waals surface area contributed by atoms with E-state index in [1.165, 1.54) is 95.4 Å². The second-order valence-corrected chi connectivity index (χ2v) is 14.6. The van der Waals surface area contributed by atoms with Crippen LogP contribution in [0.2, 0.25) is 0 Å². The molecule has 0 radical (unpaired) electrons. The van der Waals surface area contributed by atoms with Gasteiger partial charge in [-0.3, -0.25) is 4.98 Å². The number of piperidine rings is 1. The fourth-order valence-corrected chi connectivity index (χ4v) is 7.25. The highest BCUT2D eigenvalue weighted by molar-refractivity contribution is 5.72. The molecule has 1 aliphatic heterocycles. The number of aromatic nitrogens is 1. The summed E-state index contributed by atoms with van der Waals surface area (Å²) >= 11 is 0. The molecule has 1 aliphatic rings. The first-order valence-corrected chi connectivity index (χ1v) is 18.8. The number of benzene rings is 3. The first-order chi connectivity index (χ1) is 24.2. The van der Waals surface area contributed by atoms with E-state index in [0.717, 1.165) is 47.6 Å². The molecule has 5 heteroatoms. The molecular formula is C45H59N3O2. The molecule has 2 heterocycles. The summed E-state index contributed by atoms with van der Waals surface area (Å²) in [7, 11) is 0. The molecule has 4 aromatic rings. The third-order valence-corrected chi connectivity index (χ3v) is 10.7. The predicted octanol–water partition coefficient (Wildman–Crippen LogP) is 9.21. The van der Waals surface area contributed by atoms with Crippen molar-refractivity contribution in [2.24, 2.45) is 5.92 Å². The van der Waals surface area contributed by atoms with Crippen LogP contribution in [-0.2, 0) is 32.4 Å². The number of rotatable bonds is 17. The monoisotopic (exact) mass is 673 g/mol. The molecule has 1 aromatic heterocycles. The zero-order valence-electron chi connectivity index (χ0n) is 31.3. The molecule has 0 saturated carbocycles. The third-order valence-electron chi connectivity index (χ3n) is 10.7. The van der Waals surface area contributed by atoms with Crippen molar-refractivity contribution in [2.75, 3.05) is 32.8 Å². The van der Waals surface area contributed by atoms with Crippen LogP contribution >= 0.6 is 0 Å². The van der Waals surface area contributed by atoms with Crippen LogP contribution in [0.5, 0.6) is 5.75 Å². The Hall–Kier alpha value is -3.77. The van der Waals surface area contributed by atoms with Gasteiger partial charge in [-0.15, -0.1) is 0 Å². The number of nitrogens with zero attached hydrogens (tertiary/aromatic N) is 2. The van der Waals surface area contributed by atoms with Crippen LogP contribution in [0.3, 0.4) is 0 Å². The molecule has 0 amide bonds. The van der Waals surface area contributed by atoms with E-state index >= 15 is 0 Å². The van der Waals surface area contributed by atoms with E-state index in [1.807, 2.05) is 19.3 Å². The van der Waals surface area contributed by atoms with Gasteiger partial charge in [0.05, 0.1) is 6.61 Å². The third kappa shape index (κ3) is 10.2. The Morgan fingerprint density at radius 3 is 2.32 bits per heavy atom. The molecule has 0 bridgehead atoms. The van der Waals surface area contributed by atoms with Gasteiger partial charge in [-0.25, -0.2) is 0 Å². The van der Waals surface area contributed by atoms with Crippen LogP contribution in [-0.4, -0.2) is 47.8 Å². The van der Waals surface area contributed by atoms with Crippen molar-refractivity contribution in [3.05, 3.63) is 124 Å². The van der Waals surface area contributed by atoms with Gasteiger partial charge in [-0.05, 0) is 177 Å². The minimum absolute atomic E-state index is 0.120. The summed E-state index contributed by atoms with van der Waals surface area (Å²) in [6, 6.07) is 20.1. The van der Waals surface area contributed by atoms with Crippen molar-refractivity contribution in [1.29, 1.82) is 0 Å². The van der Waals surface area contributed by atoms with Crippen molar-refractivity contribution in [3.8, 4) is 16.9 Å². The smallest absolute Gasteiger partial charge is 0.123 e.